The third kappa shape index (κ3) is 5.23. The van der Waals surface area contributed by atoms with Crippen molar-refractivity contribution < 1.29 is 17.2 Å². The molecular weight excluding hydrogens is 434 g/mol. The molecule has 0 saturated heterocycles. The van der Waals surface area contributed by atoms with Gasteiger partial charge < -0.3 is 16.8 Å². The molecule has 12 heteroatoms. The average Bonchev–Trinajstić information content (AvgIpc) is 3.21. The van der Waals surface area contributed by atoms with Crippen molar-refractivity contribution in [1.29, 1.82) is 0 Å². The average molecular weight is 461 g/mol. The fraction of sp³-hybridized carbons (Fsp3) is 0.556. The maximum atomic E-state index is 14.5. The van der Waals surface area contributed by atoms with Crippen molar-refractivity contribution in [3.63, 3.8) is 0 Å². The second-order valence-electron chi connectivity index (χ2n) is 8.11. The van der Waals surface area contributed by atoms with Crippen molar-refractivity contribution in [3.05, 3.63) is 30.1 Å². The molecule has 166 valence electrons. The Morgan fingerprint density at radius 3 is 2.53 bits per heavy atom. The first kappa shape index (κ1) is 22.8. The minimum absolute atomic E-state index is 0.0178. The molecule has 3 rings (SSSR count). The maximum absolute atomic E-state index is 14.5. The predicted octanol–water partition coefficient (Wildman–Crippen LogP) is 2.51. The largest absolute Gasteiger partial charge is 0.382 e. The Labute approximate surface area is 178 Å². The Morgan fingerprint density at radius 2 is 1.97 bits per heavy atom. The Hall–Kier alpha value is -1.89. The fourth-order valence-corrected chi connectivity index (χ4v) is 4.89. The van der Waals surface area contributed by atoms with Crippen LogP contribution in [0.2, 0.25) is 0 Å². The van der Waals surface area contributed by atoms with Crippen molar-refractivity contribution in [2.24, 2.45) is 22.8 Å². The lowest BCUT2D eigenvalue weighted by Crippen LogP contribution is -2.40. The number of nitrogens with two attached hydrogens (primary N) is 2. The van der Waals surface area contributed by atoms with Gasteiger partial charge in [-0.3, -0.25) is 4.72 Å². The van der Waals surface area contributed by atoms with E-state index in [0.717, 1.165) is 36.8 Å². The quantitative estimate of drug-likeness (QED) is 0.428. The van der Waals surface area contributed by atoms with E-state index in [1.54, 1.807) is 0 Å². The van der Waals surface area contributed by atoms with Gasteiger partial charge in [0.2, 0.25) is 5.13 Å². The molecule has 0 bridgehead atoms. The third-order valence-electron chi connectivity index (χ3n) is 5.68. The van der Waals surface area contributed by atoms with E-state index in [-0.39, 0.29) is 40.8 Å². The normalized spacial score (nSPS) is 18.5. The van der Waals surface area contributed by atoms with Gasteiger partial charge in [0.05, 0.1) is 5.69 Å². The van der Waals surface area contributed by atoms with Crippen molar-refractivity contribution in [2.75, 3.05) is 16.6 Å². The van der Waals surface area contributed by atoms with Crippen molar-refractivity contribution in [3.8, 4) is 0 Å². The number of hydrogen-bond acceptors (Lipinski definition) is 8. The molecular formula is C18H26F2N6O2S2. The molecule has 3 atom stereocenters. The Bertz CT molecular complexity index is 981. The van der Waals surface area contributed by atoms with Gasteiger partial charge in [0.25, 0.3) is 10.0 Å². The number of benzene rings is 1. The van der Waals surface area contributed by atoms with Crippen molar-refractivity contribution >= 4 is 32.4 Å². The summed E-state index contributed by atoms with van der Waals surface area (Å²) in [7, 11) is -4.34. The number of aromatic nitrogens is 2. The lowest BCUT2D eigenvalue weighted by atomic mass is 9.86. The summed E-state index contributed by atoms with van der Waals surface area (Å²) < 4.78 is 59.4. The topological polar surface area (TPSA) is 136 Å². The van der Waals surface area contributed by atoms with Gasteiger partial charge in [-0.15, -0.1) is 0 Å². The van der Waals surface area contributed by atoms with Crippen LogP contribution in [0.5, 0.6) is 0 Å². The van der Waals surface area contributed by atoms with Crippen LogP contribution in [0.25, 0.3) is 0 Å². The van der Waals surface area contributed by atoms with Gasteiger partial charge in [0.15, 0.2) is 0 Å². The van der Waals surface area contributed by atoms with Gasteiger partial charge in [-0.2, -0.15) is 4.37 Å². The zero-order chi connectivity index (χ0) is 22.1. The molecule has 0 radical (unpaired) electrons. The summed E-state index contributed by atoms with van der Waals surface area (Å²) in [6.45, 7) is 4.26. The van der Waals surface area contributed by atoms with Gasteiger partial charge in [0.1, 0.15) is 22.9 Å². The van der Waals surface area contributed by atoms with Gasteiger partial charge in [0, 0.05) is 36.2 Å². The number of anilines is 2. The number of hydrogen-bond donors (Lipinski definition) is 4. The first-order chi connectivity index (χ1) is 14.0. The van der Waals surface area contributed by atoms with Crippen LogP contribution in [0.1, 0.15) is 33.1 Å². The first-order valence-electron chi connectivity index (χ1n) is 9.55. The van der Waals surface area contributed by atoms with Crippen LogP contribution in [0.3, 0.4) is 0 Å². The van der Waals surface area contributed by atoms with Crippen LogP contribution < -0.4 is 21.5 Å². The molecule has 1 aliphatic rings. The lowest BCUT2D eigenvalue weighted by molar-refractivity contribution is 0.323. The first-order valence-corrected chi connectivity index (χ1v) is 11.8. The van der Waals surface area contributed by atoms with E-state index in [1.165, 1.54) is 0 Å². The molecule has 1 fully saturated rings. The summed E-state index contributed by atoms with van der Waals surface area (Å²) in [5, 5.41) is 2.81. The van der Waals surface area contributed by atoms with E-state index in [0.29, 0.717) is 12.5 Å². The van der Waals surface area contributed by atoms with Crippen LogP contribution in [0.15, 0.2) is 23.4 Å². The van der Waals surface area contributed by atoms with Gasteiger partial charge >= 0.3 is 0 Å². The fourth-order valence-electron chi connectivity index (χ4n) is 3.16. The Balaban J connectivity index is 1.71. The van der Waals surface area contributed by atoms with Crippen LogP contribution >= 0.6 is 11.5 Å². The van der Waals surface area contributed by atoms with E-state index in [1.807, 2.05) is 6.92 Å². The molecule has 1 aliphatic carbocycles. The molecule has 30 heavy (non-hydrogen) atoms. The van der Waals surface area contributed by atoms with Crippen LogP contribution in [0, 0.1) is 23.0 Å². The minimum atomic E-state index is -4.34. The zero-order valence-corrected chi connectivity index (χ0v) is 18.4. The summed E-state index contributed by atoms with van der Waals surface area (Å²) in [6.07, 6.45) is 3.96. The van der Waals surface area contributed by atoms with E-state index in [2.05, 4.69) is 26.3 Å². The van der Waals surface area contributed by atoms with E-state index < -0.39 is 26.6 Å². The van der Waals surface area contributed by atoms with Crippen molar-refractivity contribution in [2.45, 2.75) is 50.1 Å². The summed E-state index contributed by atoms with van der Waals surface area (Å²) in [5.41, 5.74) is 12.3. The number of rotatable bonds is 10. The summed E-state index contributed by atoms with van der Waals surface area (Å²) in [6, 6.07) is 1.24. The number of nitrogens with zero attached hydrogens (tertiary/aromatic N) is 2. The van der Waals surface area contributed by atoms with Gasteiger partial charge in [-0.25, -0.2) is 22.2 Å². The summed E-state index contributed by atoms with van der Waals surface area (Å²) in [5.74, 6) is -2.03. The standard InChI is InChI=1S/C18H26F2N6O2S2/c1-10(21)11(5-16(22)18(2)3-4-18)8-23-14-6-13(20)15(7-12(14)19)30(27,28)26-17-24-9-25-29-17/h6-7,9-11,16,23H,3-5,8,21-22H2,1-2H3,(H,24,25,26). The van der Waals surface area contributed by atoms with Crippen LogP contribution in [-0.4, -0.2) is 36.4 Å². The molecule has 0 aliphatic heterocycles. The highest BCUT2D eigenvalue weighted by Crippen LogP contribution is 2.48. The molecule has 1 aromatic carbocycles. The maximum Gasteiger partial charge on any atom is 0.266 e. The molecule has 2 aromatic rings. The highest BCUT2D eigenvalue weighted by molar-refractivity contribution is 7.93. The number of nitrogens with one attached hydrogen (secondary N) is 2. The summed E-state index contributed by atoms with van der Waals surface area (Å²) in [4.78, 5) is 2.86. The van der Waals surface area contributed by atoms with Gasteiger partial charge in [-0.1, -0.05) is 6.92 Å². The highest BCUT2D eigenvalue weighted by Gasteiger charge is 2.43. The summed E-state index contributed by atoms with van der Waals surface area (Å²) >= 11 is 0.780. The molecule has 8 nitrogen and oxygen atoms in total. The molecule has 3 unspecified atom stereocenters. The second-order valence-corrected chi connectivity index (χ2v) is 10.5. The molecule has 1 heterocycles. The van der Waals surface area contributed by atoms with Crippen LogP contribution in [-0.2, 0) is 10.0 Å². The number of sulfonamides is 1. The zero-order valence-electron chi connectivity index (χ0n) is 16.7. The molecule has 1 aromatic heterocycles. The lowest BCUT2D eigenvalue weighted by Gasteiger charge is -2.28. The SMILES string of the molecule is CC(N)C(CNc1cc(F)c(S(=O)(=O)Nc2ncns2)cc1F)CC(N)C1(C)CC1. The second kappa shape index (κ2) is 8.69. The highest BCUT2D eigenvalue weighted by atomic mass is 32.2. The monoisotopic (exact) mass is 460 g/mol. The van der Waals surface area contributed by atoms with Crippen LogP contribution in [0.4, 0.5) is 19.6 Å². The Kier molecular flexibility index (Phi) is 6.60. The third-order valence-corrected chi connectivity index (χ3v) is 7.75. The van der Waals surface area contributed by atoms with E-state index in [4.69, 9.17) is 11.5 Å². The molecule has 0 spiro atoms. The van der Waals surface area contributed by atoms with Crippen molar-refractivity contribution in [1.82, 2.24) is 9.36 Å². The van der Waals surface area contributed by atoms with E-state index in [9.17, 15) is 17.2 Å². The molecule has 1 saturated carbocycles. The smallest absolute Gasteiger partial charge is 0.266 e. The van der Waals surface area contributed by atoms with E-state index >= 15 is 0 Å². The Morgan fingerprint density at radius 1 is 1.27 bits per heavy atom. The molecule has 0 amide bonds. The minimum Gasteiger partial charge on any atom is -0.382 e. The number of halogens is 2. The molecule has 6 N–H and O–H groups in total. The van der Waals surface area contributed by atoms with Gasteiger partial charge in [-0.05, 0) is 43.6 Å². The predicted molar refractivity (Wildman–Crippen MR) is 113 cm³/mol.